The van der Waals surface area contributed by atoms with E-state index >= 15 is 0 Å². The van der Waals surface area contributed by atoms with Crippen LogP contribution >= 0.6 is 27.5 Å². The van der Waals surface area contributed by atoms with E-state index in [9.17, 15) is 17.6 Å². The average molecular weight is 454 g/mol. The van der Waals surface area contributed by atoms with E-state index in [2.05, 4.69) is 31.2 Å². The molecule has 1 atom stereocenters. The van der Waals surface area contributed by atoms with Gasteiger partial charge in [0.25, 0.3) is 0 Å². The third kappa shape index (κ3) is 4.44. The number of nitrogens with zero attached hydrogens (tertiary/aromatic N) is 3. The Balaban J connectivity index is 1.65. The molecule has 0 unspecified atom stereocenters. The first kappa shape index (κ1) is 19.3. The van der Waals surface area contributed by atoms with Gasteiger partial charge in [0.2, 0.25) is 5.95 Å². The fourth-order valence-electron chi connectivity index (χ4n) is 2.77. The van der Waals surface area contributed by atoms with Gasteiger partial charge in [0.15, 0.2) is 0 Å². The van der Waals surface area contributed by atoms with E-state index in [-0.39, 0.29) is 18.2 Å². The second kappa shape index (κ2) is 7.66. The van der Waals surface area contributed by atoms with Crippen LogP contribution in [0.15, 0.2) is 29.0 Å². The van der Waals surface area contributed by atoms with E-state index in [4.69, 9.17) is 11.6 Å². The molecule has 2 aromatic rings. The van der Waals surface area contributed by atoms with Gasteiger partial charge in [-0.25, -0.2) is 14.4 Å². The molecule has 26 heavy (non-hydrogen) atoms. The predicted molar refractivity (Wildman–Crippen MR) is 93.6 cm³/mol. The van der Waals surface area contributed by atoms with Crippen molar-refractivity contribution in [1.82, 2.24) is 15.3 Å². The van der Waals surface area contributed by atoms with Crippen molar-refractivity contribution >= 4 is 33.5 Å². The lowest BCUT2D eigenvalue weighted by molar-refractivity contribution is -0.137. The van der Waals surface area contributed by atoms with Gasteiger partial charge in [0.1, 0.15) is 5.82 Å². The van der Waals surface area contributed by atoms with E-state index < -0.39 is 22.6 Å². The van der Waals surface area contributed by atoms with Crippen LogP contribution in [-0.2, 0) is 12.7 Å². The molecule has 1 aliphatic rings. The summed E-state index contributed by atoms with van der Waals surface area (Å²) >= 11 is 8.87. The van der Waals surface area contributed by atoms with Gasteiger partial charge in [0.05, 0.1) is 15.1 Å². The van der Waals surface area contributed by atoms with Gasteiger partial charge in [0, 0.05) is 43.6 Å². The first-order valence-electron chi connectivity index (χ1n) is 7.75. The zero-order valence-corrected chi connectivity index (χ0v) is 15.7. The zero-order chi connectivity index (χ0) is 18.9. The summed E-state index contributed by atoms with van der Waals surface area (Å²) < 4.78 is 53.4. The lowest BCUT2D eigenvalue weighted by Crippen LogP contribution is -2.33. The smallest absolute Gasteiger partial charge is 0.339 e. The summed E-state index contributed by atoms with van der Waals surface area (Å²) in [7, 11) is 0. The van der Waals surface area contributed by atoms with Crippen LogP contribution in [0, 0.1) is 5.82 Å². The predicted octanol–water partition coefficient (Wildman–Crippen LogP) is 4.42. The van der Waals surface area contributed by atoms with Gasteiger partial charge >= 0.3 is 6.18 Å². The molecule has 0 saturated carbocycles. The van der Waals surface area contributed by atoms with Crippen LogP contribution in [0.5, 0.6) is 0 Å². The lowest BCUT2D eigenvalue weighted by Gasteiger charge is -2.17. The average Bonchev–Trinajstić information content (AvgIpc) is 3.04. The van der Waals surface area contributed by atoms with Gasteiger partial charge in [-0.3, -0.25) is 0 Å². The maximum Gasteiger partial charge on any atom is 0.416 e. The number of halogens is 6. The summed E-state index contributed by atoms with van der Waals surface area (Å²) in [4.78, 5) is 10.4. The SMILES string of the molecule is Fc1c(Cl)cc(C(F)(F)F)cc1CN[C@H]1CCN(c2ncc(Br)cn2)C1. The number of anilines is 1. The van der Waals surface area contributed by atoms with Crippen LogP contribution in [0.2, 0.25) is 5.02 Å². The number of rotatable bonds is 4. The first-order valence-corrected chi connectivity index (χ1v) is 8.92. The minimum absolute atomic E-state index is 0.0186. The van der Waals surface area contributed by atoms with Crippen molar-refractivity contribution in [2.45, 2.75) is 25.2 Å². The Hall–Kier alpha value is -1.45. The van der Waals surface area contributed by atoms with Crippen LogP contribution < -0.4 is 10.2 Å². The Kier molecular flexibility index (Phi) is 5.69. The molecule has 140 valence electrons. The molecule has 1 N–H and O–H groups in total. The molecule has 3 rings (SSSR count). The normalized spacial score (nSPS) is 17.8. The summed E-state index contributed by atoms with van der Waals surface area (Å²) in [6.45, 7) is 1.23. The largest absolute Gasteiger partial charge is 0.416 e. The van der Waals surface area contributed by atoms with Crippen LogP contribution in [0.25, 0.3) is 0 Å². The van der Waals surface area contributed by atoms with E-state index in [1.165, 1.54) is 0 Å². The van der Waals surface area contributed by atoms with Gasteiger partial charge in [-0.1, -0.05) is 11.6 Å². The number of nitrogens with one attached hydrogen (secondary N) is 1. The molecule has 1 aromatic carbocycles. The number of hydrogen-bond donors (Lipinski definition) is 1. The molecule has 1 aromatic heterocycles. The minimum Gasteiger partial charge on any atom is -0.339 e. The van der Waals surface area contributed by atoms with Crippen molar-refractivity contribution in [2.24, 2.45) is 0 Å². The quantitative estimate of drug-likeness (QED) is 0.696. The molecular weight excluding hydrogens is 440 g/mol. The molecule has 0 spiro atoms. The molecule has 4 nitrogen and oxygen atoms in total. The highest BCUT2D eigenvalue weighted by molar-refractivity contribution is 9.10. The van der Waals surface area contributed by atoms with Gasteiger partial charge in [-0.15, -0.1) is 0 Å². The van der Waals surface area contributed by atoms with Crippen molar-refractivity contribution in [3.8, 4) is 0 Å². The summed E-state index contributed by atoms with van der Waals surface area (Å²) in [6, 6.07) is 1.37. The van der Waals surface area contributed by atoms with Gasteiger partial charge in [-0.2, -0.15) is 13.2 Å². The second-order valence-corrected chi connectivity index (χ2v) is 7.27. The van der Waals surface area contributed by atoms with Gasteiger partial charge in [-0.05, 0) is 34.5 Å². The fourth-order valence-corrected chi connectivity index (χ4v) is 3.21. The van der Waals surface area contributed by atoms with Crippen LogP contribution in [0.3, 0.4) is 0 Å². The number of hydrogen-bond acceptors (Lipinski definition) is 4. The molecule has 0 bridgehead atoms. The summed E-state index contributed by atoms with van der Waals surface area (Å²) in [6.07, 6.45) is -0.547. The monoisotopic (exact) mass is 452 g/mol. The number of benzene rings is 1. The highest BCUT2D eigenvalue weighted by Gasteiger charge is 2.32. The van der Waals surface area contributed by atoms with Crippen molar-refractivity contribution in [2.75, 3.05) is 18.0 Å². The van der Waals surface area contributed by atoms with Crippen LogP contribution in [-0.4, -0.2) is 29.1 Å². The standard InChI is InChI=1S/C16H14BrClF4N4/c17-11-6-24-15(25-7-11)26-2-1-12(8-26)23-5-9-3-10(16(20,21)22)4-13(18)14(9)19/h3-4,6-7,12,23H,1-2,5,8H2/t12-/m0/s1. The molecule has 1 saturated heterocycles. The number of alkyl halides is 3. The molecular formula is C16H14BrClF4N4. The third-order valence-electron chi connectivity index (χ3n) is 4.09. The van der Waals surface area contributed by atoms with Crippen molar-refractivity contribution in [3.05, 3.63) is 51.0 Å². The van der Waals surface area contributed by atoms with Crippen molar-refractivity contribution in [3.63, 3.8) is 0 Å². The highest BCUT2D eigenvalue weighted by Crippen LogP contribution is 2.33. The Morgan fingerprint density at radius 2 is 1.96 bits per heavy atom. The van der Waals surface area contributed by atoms with E-state index in [0.717, 1.165) is 17.0 Å². The summed E-state index contributed by atoms with van der Waals surface area (Å²) in [5, 5.41) is 2.55. The highest BCUT2D eigenvalue weighted by atomic mass is 79.9. The Labute approximate surface area is 160 Å². The van der Waals surface area contributed by atoms with E-state index in [0.29, 0.717) is 25.1 Å². The summed E-state index contributed by atoms with van der Waals surface area (Å²) in [5.41, 5.74) is -1.07. The van der Waals surface area contributed by atoms with Crippen LogP contribution in [0.4, 0.5) is 23.5 Å². The molecule has 2 heterocycles. The lowest BCUT2D eigenvalue weighted by atomic mass is 10.1. The summed E-state index contributed by atoms with van der Waals surface area (Å²) in [5.74, 6) is -0.260. The molecule has 1 fully saturated rings. The molecule has 0 amide bonds. The molecule has 0 aliphatic carbocycles. The van der Waals surface area contributed by atoms with Crippen LogP contribution in [0.1, 0.15) is 17.5 Å². The maximum absolute atomic E-state index is 14.0. The topological polar surface area (TPSA) is 41.0 Å². The fraction of sp³-hybridized carbons (Fsp3) is 0.375. The second-order valence-electron chi connectivity index (χ2n) is 5.94. The van der Waals surface area contributed by atoms with E-state index in [1.54, 1.807) is 12.4 Å². The third-order valence-corrected chi connectivity index (χ3v) is 4.77. The van der Waals surface area contributed by atoms with Crippen molar-refractivity contribution < 1.29 is 17.6 Å². The van der Waals surface area contributed by atoms with Crippen molar-refractivity contribution in [1.29, 1.82) is 0 Å². The first-order chi connectivity index (χ1) is 12.2. The Bertz CT molecular complexity index is 785. The molecule has 0 radical (unpaired) electrons. The zero-order valence-electron chi connectivity index (χ0n) is 13.3. The van der Waals surface area contributed by atoms with Gasteiger partial charge < -0.3 is 10.2 Å². The molecule has 10 heteroatoms. The number of aromatic nitrogens is 2. The maximum atomic E-state index is 14.0. The van der Waals surface area contributed by atoms with E-state index in [1.807, 2.05) is 4.90 Å². The minimum atomic E-state index is -4.57. The Morgan fingerprint density at radius 3 is 2.62 bits per heavy atom. The molecule has 1 aliphatic heterocycles. The Morgan fingerprint density at radius 1 is 1.27 bits per heavy atom.